The highest BCUT2D eigenvalue weighted by molar-refractivity contribution is 6.31. The maximum atomic E-state index is 12.7. The molecule has 6 rings (SSSR count). The van der Waals surface area contributed by atoms with Gasteiger partial charge in [0.1, 0.15) is 0 Å². The first-order valence-electron chi connectivity index (χ1n) is 20.6. The Hall–Kier alpha value is -4.70. The Labute approximate surface area is 370 Å². The minimum absolute atomic E-state index is 0. The molecule has 0 aromatic heterocycles. The summed E-state index contributed by atoms with van der Waals surface area (Å²) in [6.45, 7) is 4.92. The van der Waals surface area contributed by atoms with Crippen molar-refractivity contribution in [2.24, 2.45) is 11.8 Å². The number of carbonyl (C=O) groups excluding carboxylic acids is 5. The lowest BCUT2D eigenvalue weighted by atomic mass is 9.96. The van der Waals surface area contributed by atoms with Crippen LogP contribution in [0.4, 0.5) is 11.4 Å². The molecular formula is C48H57Cl3N4O5. The second kappa shape index (κ2) is 23.3. The van der Waals surface area contributed by atoms with Gasteiger partial charge in [0.05, 0.1) is 12.1 Å². The maximum Gasteiger partial charge on any atom is 0.223 e. The predicted molar refractivity (Wildman–Crippen MR) is 244 cm³/mol. The average Bonchev–Trinajstić information content (AvgIpc) is 3.94. The number of amides is 3. The van der Waals surface area contributed by atoms with E-state index in [0.29, 0.717) is 52.5 Å². The van der Waals surface area contributed by atoms with Crippen molar-refractivity contribution in [3.63, 3.8) is 0 Å². The van der Waals surface area contributed by atoms with Crippen LogP contribution in [0.5, 0.6) is 0 Å². The van der Waals surface area contributed by atoms with Crippen molar-refractivity contribution in [1.29, 1.82) is 0 Å². The lowest BCUT2D eigenvalue weighted by molar-refractivity contribution is -0.129. The van der Waals surface area contributed by atoms with Crippen LogP contribution >= 0.6 is 35.6 Å². The van der Waals surface area contributed by atoms with Crippen LogP contribution in [0, 0.1) is 11.8 Å². The predicted octanol–water partition coefficient (Wildman–Crippen LogP) is 9.82. The minimum Gasteiger partial charge on any atom is -0.399 e. The fourth-order valence-electron chi connectivity index (χ4n) is 8.14. The molecule has 320 valence electrons. The second-order valence-electron chi connectivity index (χ2n) is 16.0. The summed E-state index contributed by atoms with van der Waals surface area (Å²) >= 11 is 12.1. The lowest BCUT2D eigenvalue weighted by Crippen LogP contribution is -2.41. The molecule has 9 nitrogen and oxygen atoms in total. The molecule has 2 fully saturated rings. The molecule has 2 aliphatic carbocycles. The Morgan fingerprint density at radius 3 is 1.53 bits per heavy atom. The third kappa shape index (κ3) is 14.2. The zero-order valence-electron chi connectivity index (χ0n) is 34.6. The van der Waals surface area contributed by atoms with Crippen molar-refractivity contribution in [3.05, 3.63) is 129 Å². The fraction of sp³-hybridized carbons (Fsp3) is 0.396. The molecule has 2 saturated carbocycles. The summed E-state index contributed by atoms with van der Waals surface area (Å²) in [5.74, 6) is 0.476. The second-order valence-corrected chi connectivity index (χ2v) is 16.8. The Kier molecular flexibility index (Phi) is 18.7. The molecule has 4 aromatic rings. The zero-order chi connectivity index (χ0) is 42.5. The number of nitrogens with two attached hydrogens (primary N) is 1. The van der Waals surface area contributed by atoms with Crippen LogP contribution in [0.3, 0.4) is 0 Å². The molecule has 12 heteroatoms. The Morgan fingerprint density at radius 1 is 0.633 bits per heavy atom. The Bertz CT molecular complexity index is 2080. The van der Waals surface area contributed by atoms with Gasteiger partial charge in [-0.1, -0.05) is 83.9 Å². The summed E-state index contributed by atoms with van der Waals surface area (Å²) < 4.78 is 0. The van der Waals surface area contributed by atoms with Crippen LogP contribution in [0.2, 0.25) is 10.0 Å². The van der Waals surface area contributed by atoms with E-state index >= 15 is 0 Å². The van der Waals surface area contributed by atoms with Crippen molar-refractivity contribution in [2.75, 3.05) is 11.1 Å². The normalized spacial score (nSPS) is 19.1. The Morgan fingerprint density at radius 2 is 1.07 bits per heavy atom. The molecule has 0 saturated heterocycles. The standard InChI is InChI=1S/C25H29ClN2O3.C23H27ClN2O2.ClH/c1-16(24(30)13-10-20-15-22(26)11-12-23(20)28-17(2)29)27-25(31)21-9-8-19(14-21)18-6-4-3-5-7-18;1-15(22(27)12-9-18-14-20(24)10-11-21(18)25)26-23(28)19-8-7-17(13-19)16-5-3-2-4-6-16;/h3-7,11-12,15-16,19,21H,8-10,13-14H2,1-2H3,(H,27,31)(H,28,29);2-6,10-11,14-15,17,19H,7-9,12-13,25H2,1H3,(H,26,28);1H/t16-,19+,21+;15-,17+,19+;/m00./s1. The van der Waals surface area contributed by atoms with Gasteiger partial charge < -0.3 is 21.7 Å². The third-order valence-electron chi connectivity index (χ3n) is 11.6. The number of nitrogens with one attached hydrogen (secondary N) is 3. The van der Waals surface area contributed by atoms with Crippen LogP contribution in [0.25, 0.3) is 0 Å². The van der Waals surface area contributed by atoms with E-state index in [4.69, 9.17) is 28.9 Å². The van der Waals surface area contributed by atoms with E-state index in [1.165, 1.54) is 18.1 Å². The van der Waals surface area contributed by atoms with E-state index in [2.05, 4.69) is 40.2 Å². The first-order chi connectivity index (χ1) is 28.3. The number of aryl methyl sites for hydroxylation is 2. The number of rotatable bonds is 15. The van der Waals surface area contributed by atoms with Gasteiger partial charge in [0.25, 0.3) is 0 Å². The largest absolute Gasteiger partial charge is 0.399 e. The van der Waals surface area contributed by atoms with Gasteiger partial charge in [0, 0.05) is 53.0 Å². The molecule has 0 aliphatic heterocycles. The summed E-state index contributed by atoms with van der Waals surface area (Å²) in [5, 5.41) is 9.73. The van der Waals surface area contributed by atoms with E-state index in [9.17, 15) is 24.0 Å². The van der Waals surface area contributed by atoms with Crippen LogP contribution in [0.15, 0.2) is 97.1 Å². The van der Waals surface area contributed by atoms with Crippen LogP contribution in [0.1, 0.15) is 106 Å². The lowest BCUT2D eigenvalue weighted by Gasteiger charge is -2.17. The third-order valence-corrected chi connectivity index (χ3v) is 12.1. The highest BCUT2D eigenvalue weighted by atomic mass is 35.5. The Balaban J connectivity index is 0.000000262. The number of hydrogen-bond acceptors (Lipinski definition) is 6. The van der Waals surface area contributed by atoms with Gasteiger partial charge in [0.2, 0.25) is 17.7 Å². The van der Waals surface area contributed by atoms with Crippen LogP contribution in [-0.2, 0) is 36.8 Å². The molecule has 0 radical (unpaired) electrons. The van der Waals surface area contributed by atoms with Crippen molar-refractivity contribution < 1.29 is 24.0 Å². The first kappa shape index (κ1) is 48.0. The molecule has 0 bridgehead atoms. The number of nitrogen functional groups attached to an aromatic ring is 1. The maximum absolute atomic E-state index is 12.7. The monoisotopic (exact) mass is 874 g/mol. The molecule has 0 spiro atoms. The summed E-state index contributed by atoms with van der Waals surface area (Å²) in [6, 6.07) is 30.0. The van der Waals surface area contributed by atoms with Gasteiger partial charge in [-0.25, -0.2) is 0 Å². The topological polar surface area (TPSA) is 147 Å². The molecular weight excluding hydrogens is 819 g/mol. The van der Waals surface area contributed by atoms with Crippen molar-refractivity contribution in [3.8, 4) is 0 Å². The van der Waals surface area contributed by atoms with E-state index in [1.54, 1.807) is 50.2 Å². The minimum atomic E-state index is -0.549. The quantitative estimate of drug-likeness (QED) is 0.0875. The van der Waals surface area contributed by atoms with Crippen LogP contribution < -0.4 is 21.7 Å². The average molecular weight is 876 g/mol. The first-order valence-corrected chi connectivity index (χ1v) is 21.4. The van der Waals surface area contributed by atoms with E-state index in [1.807, 2.05) is 36.4 Å². The number of ketones is 2. The molecule has 3 amide bonds. The van der Waals surface area contributed by atoms with E-state index < -0.39 is 12.1 Å². The van der Waals surface area contributed by atoms with Crippen molar-refractivity contribution in [2.45, 2.75) is 109 Å². The van der Waals surface area contributed by atoms with Crippen molar-refractivity contribution in [1.82, 2.24) is 10.6 Å². The van der Waals surface area contributed by atoms with Crippen LogP contribution in [-0.4, -0.2) is 41.4 Å². The number of anilines is 2. The number of carbonyl (C=O) groups is 5. The molecule has 0 unspecified atom stereocenters. The number of Topliss-reactive ketones (excluding diaryl/α,β-unsaturated/α-hetero) is 2. The summed E-state index contributed by atoms with van der Waals surface area (Å²) in [4.78, 5) is 61.8. The zero-order valence-corrected chi connectivity index (χ0v) is 36.9. The number of hydrogen-bond donors (Lipinski definition) is 4. The van der Waals surface area contributed by atoms with E-state index in [-0.39, 0.29) is 60.0 Å². The molecule has 60 heavy (non-hydrogen) atoms. The number of halogens is 3. The van der Waals surface area contributed by atoms with E-state index in [0.717, 1.165) is 49.7 Å². The highest BCUT2D eigenvalue weighted by Crippen LogP contribution is 2.39. The molecule has 4 aromatic carbocycles. The molecule has 5 N–H and O–H groups in total. The summed E-state index contributed by atoms with van der Waals surface area (Å²) in [5.41, 5.74) is 11.5. The number of benzene rings is 4. The van der Waals surface area contributed by atoms with Gasteiger partial charge in [-0.2, -0.15) is 0 Å². The van der Waals surface area contributed by atoms with Gasteiger partial charge in [-0.05, 0) is 136 Å². The van der Waals surface area contributed by atoms with Gasteiger partial charge in [-0.15, -0.1) is 12.4 Å². The summed E-state index contributed by atoms with van der Waals surface area (Å²) in [6.07, 6.45) is 6.91. The highest BCUT2D eigenvalue weighted by Gasteiger charge is 2.33. The molecule has 0 heterocycles. The van der Waals surface area contributed by atoms with Gasteiger partial charge in [0.15, 0.2) is 11.6 Å². The molecule has 2 aliphatic rings. The van der Waals surface area contributed by atoms with Crippen molar-refractivity contribution >= 4 is 76.3 Å². The molecule has 6 atom stereocenters. The SMILES string of the molecule is CC(=O)Nc1ccc(Cl)cc1CCC(=O)[C@H](C)NC(=O)[C@@H]1CC[C@@H](c2ccccc2)C1.C[C@H](NC(=O)[C@@H]1CC[C@@H](c2ccccc2)C1)C(=O)CCc1cc(Cl)ccc1N.Cl. The smallest absolute Gasteiger partial charge is 0.223 e. The summed E-state index contributed by atoms with van der Waals surface area (Å²) in [7, 11) is 0. The van der Waals surface area contributed by atoms with Gasteiger partial charge in [-0.3, -0.25) is 24.0 Å². The van der Waals surface area contributed by atoms with Gasteiger partial charge >= 0.3 is 0 Å². The fourth-order valence-corrected chi connectivity index (χ4v) is 8.53.